The van der Waals surface area contributed by atoms with Crippen LogP contribution in [0.15, 0.2) is 0 Å². The number of rotatable bonds is 10. The highest BCUT2D eigenvalue weighted by Gasteiger charge is 2.07. The zero-order valence-electron chi connectivity index (χ0n) is 11.9. The predicted molar refractivity (Wildman–Crippen MR) is 72.0 cm³/mol. The lowest BCUT2D eigenvalue weighted by atomic mass is 10.00. The molecule has 0 unspecified atom stereocenters. The Morgan fingerprint density at radius 3 is 1.24 bits per heavy atom. The molecule has 0 saturated heterocycles. The highest BCUT2D eigenvalue weighted by atomic mass is 16.1. The van der Waals surface area contributed by atoms with Crippen LogP contribution in [0.1, 0.15) is 72.6 Å². The number of ketones is 2. The zero-order valence-corrected chi connectivity index (χ0v) is 11.9. The van der Waals surface area contributed by atoms with Crippen LogP contribution in [0.4, 0.5) is 0 Å². The van der Waals surface area contributed by atoms with Gasteiger partial charge in [-0.3, -0.25) is 9.59 Å². The molecule has 0 spiro atoms. The molecule has 0 amide bonds. The van der Waals surface area contributed by atoms with Crippen molar-refractivity contribution in [3.05, 3.63) is 0 Å². The minimum atomic E-state index is 0.179. The maximum atomic E-state index is 11.4. The van der Waals surface area contributed by atoms with Gasteiger partial charge in [-0.2, -0.15) is 0 Å². The van der Waals surface area contributed by atoms with Crippen molar-refractivity contribution in [2.45, 2.75) is 72.6 Å². The molecule has 17 heavy (non-hydrogen) atoms. The summed E-state index contributed by atoms with van der Waals surface area (Å²) in [5.74, 6) is 1.11. The summed E-state index contributed by atoms with van der Waals surface area (Å²) in [4.78, 5) is 22.7. The van der Waals surface area contributed by atoms with Crippen LogP contribution in [0.3, 0.4) is 0 Å². The molecule has 0 atom stereocenters. The Labute approximate surface area is 106 Å². The molecule has 0 rings (SSSR count). The lowest BCUT2D eigenvalue weighted by Crippen LogP contribution is -2.06. The van der Waals surface area contributed by atoms with Crippen LogP contribution < -0.4 is 0 Å². The molecular formula is C15H28O2. The topological polar surface area (TPSA) is 34.1 Å². The number of Topliss-reactive ketones (excluding diaryl/α,β-unsaturated/α-hetero) is 2. The van der Waals surface area contributed by atoms with Gasteiger partial charge in [0.25, 0.3) is 0 Å². The maximum Gasteiger partial charge on any atom is 0.135 e. The van der Waals surface area contributed by atoms with Crippen LogP contribution in [-0.2, 0) is 9.59 Å². The van der Waals surface area contributed by atoms with Crippen molar-refractivity contribution in [2.75, 3.05) is 0 Å². The molecule has 0 aliphatic carbocycles. The van der Waals surface area contributed by atoms with Gasteiger partial charge in [-0.25, -0.2) is 0 Å². The SMILES string of the molecule is CC(C)C(=O)CCCCCCCC(=O)C(C)C. The van der Waals surface area contributed by atoms with E-state index in [1.165, 1.54) is 0 Å². The van der Waals surface area contributed by atoms with E-state index < -0.39 is 0 Å². The van der Waals surface area contributed by atoms with Crippen molar-refractivity contribution in [1.29, 1.82) is 0 Å². The summed E-state index contributed by atoms with van der Waals surface area (Å²) in [7, 11) is 0. The van der Waals surface area contributed by atoms with E-state index in [2.05, 4.69) is 0 Å². The van der Waals surface area contributed by atoms with Gasteiger partial charge in [0.2, 0.25) is 0 Å². The second-order valence-corrected chi connectivity index (χ2v) is 5.51. The molecule has 0 bridgehead atoms. The first kappa shape index (κ1) is 16.3. The maximum absolute atomic E-state index is 11.4. The van der Waals surface area contributed by atoms with Gasteiger partial charge >= 0.3 is 0 Å². The third kappa shape index (κ3) is 9.08. The largest absolute Gasteiger partial charge is 0.299 e. The fourth-order valence-corrected chi connectivity index (χ4v) is 1.71. The smallest absolute Gasteiger partial charge is 0.135 e. The number of hydrogen-bond acceptors (Lipinski definition) is 2. The quantitative estimate of drug-likeness (QED) is 0.537. The van der Waals surface area contributed by atoms with Gasteiger partial charge in [-0.15, -0.1) is 0 Å². The molecular weight excluding hydrogens is 212 g/mol. The Morgan fingerprint density at radius 1 is 0.647 bits per heavy atom. The Kier molecular flexibility index (Phi) is 9.01. The Morgan fingerprint density at radius 2 is 0.941 bits per heavy atom. The molecule has 0 fully saturated rings. The highest BCUT2D eigenvalue weighted by Crippen LogP contribution is 2.11. The lowest BCUT2D eigenvalue weighted by Gasteiger charge is -2.05. The van der Waals surface area contributed by atoms with Gasteiger partial charge in [0, 0.05) is 24.7 Å². The van der Waals surface area contributed by atoms with Crippen LogP contribution in [0.25, 0.3) is 0 Å². The van der Waals surface area contributed by atoms with Gasteiger partial charge in [0.15, 0.2) is 0 Å². The van der Waals surface area contributed by atoms with Crippen LogP contribution in [0.5, 0.6) is 0 Å². The molecule has 2 heteroatoms. The van der Waals surface area contributed by atoms with Crippen molar-refractivity contribution in [3.8, 4) is 0 Å². The summed E-state index contributed by atoms with van der Waals surface area (Å²) in [6.45, 7) is 7.83. The van der Waals surface area contributed by atoms with E-state index in [0.29, 0.717) is 11.6 Å². The molecule has 0 aliphatic rings. The van der Waals surface area contributed by atoms with Crippen molar-refractivity contribution in [3.63, 3.8) is 0 Å². The standard InChI is InChI=1S/C15H28O2/c1-12(2)14(16)10-8-6-5-7-9-11-15(17)13(3)4/h12-13H,5-11H2,1-4H3. The normalized spacial score (nSPS) is 11.2. The van der Waals surface area contributed by atoms with Crippen LogP contribution in [-0.4, -0.2) is 11.6 Å². The molecule has 0 aromatic heterocycles. The molecule has 0 aliphatic heterocycles. The van der Waals surface area contributed by atoms with Crippen LogP contribution in [0.2, 0.25) is 0 Å². The van der Waals surface area contributed by atoms with E-state index in [0.717, 1.165) is 44.9 Å². The van der Waals surface area contributed by atoms with Crippen LogP contribution >= 0.6 is 0 Å². The Hall–Kier alpha value is -0.660. The van der Waals surface area contributed by atoms with E-state index in [1.807, 2.05) is 27.7 Å². The predicted octanol–water partition coefficient (Wildman–Crippen LogP) is 4.17. The van der Waals surface area contributed by atoms with Crippen molar-refractivity contribution in [1.82, 2.24) is 0 Å². The summed E-state index contributed by atoms with van der Waals surface area (Å²) in [5.41, 5.74) is 0. The fraction of sp³-hybridized carbons (Fsp3) is 0.867. The van der Waals surface area contributed by atoms with Gasteiger partial charge < -0.3 is 0 Å². The monoisotopic (exact) mass is 240 g/mol. The van der Waals surface area contributed by atoms with Crippen molar-refractivity contribution in [2.24, 2.45) is 11.8 Å². The average molecular weight is 240 g/mol. The third-order valence-corrected chi connectivity index (χ3v) is 3.13. The Balaban J connectivity index is 3.30. The lowest BCUT2D eigenvalue weighted by molar-refractivity contribution is -0.122. The first-order chi connectivity index (χ1) is 7.95. The van der Waals surface area contributed by atoms with Gasteiger partial charge in [0.1, 0.15) is 11.6 Å². The number of unbranched alkanes of at least 4 members (excludes halogenated alkanes) is 4. The summed E-state index contributed by atoms with van der Waals surface area (Å²) in [6, 6.07) is 0. The summed E-state index contributed by atoms with van der Waals surface area (Å²) in [6.07, 6.45) is 6.86. The molecule has 0 saturated carbocycles. The van der Waals surface area contributed by atoms with E-state index in [1.54, 1.807) is 0 Å². The zero-order chi connectivity index (χ0) is 13.3. The van der Waals surface area contributed by atoms with E-state index >= 15 is 0 Å². The first-order valence-electron chi connectivity index (χ1n) is 7.00. The van der Waals surface area contributed by atoms with Crippen molar-refractivity contribution >= 4 is 11.6 Å². The molecule has 0 aromatic carbocycles. The molecule has 0 aromatic rings. The molecule has 0 radical (unpaired) electrons. The van der Waals surface area contributed by atoms with Gasteiger partial charge in [0.05, 0.1) is 0 Å². The second kappa shape index (κ2) is 9.38. The minimum Gasteiger partial charge on any atom is -0.299 e. The minimum absolute atomic E-state index is 0.179. The van der Waals surface area contributed by atoms with Gasteiger partial charge in [-0.1, -0.05) is 47.0 Å². The summed E-state index contributed by atoms with van der Waals surface area (Å²) < 4.78 is 0. The molecule has 0 heterocycles. The van der Waals surface area contributed by atoms with Gasteiger partial charge in [-0.05, 0) is 12.8 Å². The summed E-state index contributed by atoms with van der Waals surface area (Å²) in [5, 5.41) is 0. The number of hydrogen-bond donors (Lipinski definition) is 0. The second-order valence-electron chi connectivity index (χ2n) is 5.51. The molecule has 0 N–H and O–H groups in total. The van der Waals surface area contributed by atoms with E-state index in [-0.39, 0.29) is 11.8 Å². The Bertz CT molecular complexity index is 205. The van der Waals surface area contributed by atoms with E-state index in [4.69, 9.17) is 0 Å². The number of carbonyl (C=O) groups is 2. The average Bonchev–Trinajstić information content (AvgIpc) is 2.26. The van der Waals surface area contributed by atoms with E-state index in [9.17, 15) is 9.59 Å². The molecule has 2 nitrogen and oxygen atoms in total. The first-order valence-corrected chi connectivity index (χ1v) is 7.00. The number of carbonyl (C=O) groups excluding carboxylic acids is 2. The molecule has 100 valence electrons. The summed E-state index contributed by atoms with van der Waals surface area (Å²) >= 11 is 0. The van der Waals surface area contributed by atoms with Crippen molar-refractivity contribution < 1.29 is 9.59 Å². The fourth-order valence-electron chi connectivity index (χ4n) is 1.71. The highest BCUT2D eigenvalue weighted by molar-refractivity contribution is 5.80. The van der Waals surface area contributed by atoms with Crippen LogP contribution in [0, 0.1) is 11.8 Å². The third-order valence-electron chi connectivity index (χ3n) is 3.13.